The summed E-state index contributed by atoms with van der Waals surface area (Å²) >= 11 is 5.89. The number of rotatable bonds is 6. The third kappa shape index (κ3) is 5.19. The lowest BCUT2D eigenvalue weighted by Gasteiger charge is -2.11. The zero-order valence-electron chi connectivity index (χ0n) is 14.9. The van der Waals surface area contributed by atoms with Gasteiger partial charge in [0.25, 0.3) is 5.91 Å². The topological polar surface area (TPSA) is 50.7 Å². The second kappa shape index (κ2) is 9.01. The Kier molecular flexibility index (Phi) is 6.23. The first-order chi connectivity index (χ1) is 13.1. The summed E-state index contributed by atoms with van der Waals surface area (Å²) in [5.41, 5.74) is 5.62. The molecule has 0 saturated heterocycles. The monoisotopic (exact) mass is 378 g/mol. The average molecular weight is 379 g/mol. The fourth-order valence-electron chi connectivity index (χ4n) is 2.47. The number of amides is 1. The summed E-state index contributed by atoms with van der Waals surface area (Å²) in [6.07, 6.45) is 0. The Morgan fingerprint density at radius 1 is 0.963 bits per heavy atom. The summed E-state index contributed by atoms with van der Waals surface area (Å²) in [6, 6.07) is 24.2. The van der Waals surface area contributed by atoms with Gasteiger partial charge in [-0.15, -0.1) is 0 Å². The van der Waals surface area contributed by atoms with Crippen LogP contribution in [0.2, 0.25) is 5.02 Å². The summed E-state index contributed by atoms with van der Waals surface area (Å²) < 4.78 is 5.82. The Balaban J connectivity index is 1.69. The van der Waals surface area contributed by atoms with Crippen LogP contribution >= 0.6 is 11.6 Å². The Morgan fingerprint density at radius 2 is 1.63 bits per heavy atom. The van der Waals surface area contributed by atoms with Gasteiger partial charge in [-0.05, 0) is 42.3 Å². The van der Waals surface area contributed by atoms with Gasteiger partial charge in [-0.25, -0.2) is 5.43 Å². The van der Waals surface area contributed by atoms with E-state index in [4.69, 9.17) is 16.3 Å². The molecule has 3 rings (SSSR count). The number of para-hydroxylation sites is 1. The fraction of sp³-hybridized carbons (Fsp3) is 0.0909. The third-order valence-corrected chi connectivity index (χ3v) is 4.21. The number of hydrogen-bond acceptors (Lipinski definition) is 3. The number of nitrogens with one attached hydrogen (secondary N) is 1. The zero-order valence-corrected chi connectivity index (χ0v) is 15.6. The van der Waals surface area contributed by atoms with E-state index in [0.717, 1.165) is 11.1 Å². The molecule has 136 valence electrons. The van der Waals surface area contributed by atoms with Crippen molar-refractivity contribution in [2.75, 3.05) is 0 Å². The van der Waals surface area contributed by atoms with Gasteiger partial charge < -0.3 is 4.74 Å². The predicted molar refractivity (Wildman–Crippen MR) is 108 cm³/mol. The van der Waals surface area contributed by atoms with Gasteiger partial charge in [-0.2, -0.15) is 5.10 Å². The van der Waals surface area contributed by atoms with Crippen LogP contribution in [0.5, 0.6) is 5.75 Å². The molecule has 4 nitrogen and oxygen atoms in total. The summed E-state index contributed by atoms with van der Waals surface area (Å²) in [4.78, 5) is 12.5. The number of benzene rings is 3. The lowest BCUT2D eigenvalue weighted by Crippen LogP contribution is -2.20. The van der Waals surface area contributed by atoms with Crippen LogP contribution in [0.3, 0.4) is 0 Å². The standard InChI is InChI=1S/C22H19ClN2O2/c1-16(18-11-13-19(23)14-12-18)24-25-22(26)20-9-5-6-10-21(20)27-15-17-7-3-2-4-8-17/h2-14H,15H2,1H3,(H,25,26). The maximum atomic E-state index is 12.5. The van der Waals surface area contributed by atoms with E-state index < -0.39 is 0 Å². The smallest absolute Gasteiger partial charge is 0.275 e. The van der Waals surface area contributed by atoms with Crippen LogP contribution in [0.1, 0.15) is 28.4 Å². The molecule has 0 spiro atoms. The number of carbonyl (C=O) groups is 1. The molecule has 0 aromatic heterocycles. The Labute approximate surface area is 163 Å². The highest BCUT2D eigenvalue weighted by Gasteiger charge is 2.12. The number of ether oxygens (including phenoxy) is 1. The van der Waals surface area contributed by atoms with Gasteiger partial charge in [-0.3, -0.25) is 4.79 Å². The number of halogens is 1. The maximum absolute atomic E-state index is 12.5. The molecule has 5 heteroatoms. The van der Waals surface area contributed by atoms with Crippen LogP contribution < -0.4 is 10.2 Å². The lowest BCUT2D eigenvalue weighted by atomic mass is 10.1. The van der Waals surface area contributed by atoms with E-state index in [1.165, 1.54) is 0 Å². The second-order valence-corrected chi connectivity index (χ2v) is 6.35. The molecule has 0 fully saturated rings. The highest BCUT2D eigenvalue weighted by atomic mass is 35.5. The SMILES string of the molecule is CC(=NNC(=O)c1ccccc1OCc1ccccc1)c1ccc(Cl)cc1. The van der Waals surface area contributed by atoms with E-state index in [2.05, 4.69) is 10.5 Å². The normalized spacial score (nSPS) is 11.1. The molecule has 0 heterocycles. The molecule has 0 unspecified atom stereocenters. The molecule has 3 aromatic rings. The first kappa shape index (κ1) is 18.7. The van der Waals surface area contributed by atoms with E-state index in [1.807, 2.05) is 55.5 Å². The quantitative estimate of drug-likeness (QED) is 0.480. The van der Waals surface area contributed by atoms with Gasteiger partial charge >= 0.3 is 0 Å². The average Bonchev–Trinajstić information content (AvgIpc) is 2.71. The van der Waals surface area contributed by atoms with E-state index in [-0.39, 0.29) is 5.91 Å². The molecule has 0 bridgehead atoms. The third-order valence-electron chi connectivity index (χ3n) is 3.96. The molecule has 0 radical (unpaired) electrons. The van der Waals surface area contributed by atoms with Gasteiger partial charge in [0.15, 0.2) is 0 Å². The molecule has 0 aliphatic heterocycles. The highest BCUT2D eigenvalue weighted by molar-refractivity contribution is 6.30. The summed E-state index contributed by atoms with van der Waals surface area (Å²) in [5, 5.41) is 4.83. The summed E-state index contributed by atoms with van der Waals surface area (Å²) in [6.45, 7) is 2.21. The van der Waals surface area contributed by atoms with Gasteiger partial charge in [0, 0.05) is 5.02 Å². The number of hydrogen-bond donors (Lipinski definition) is 1. The first-order valence-corrected chi connectivity index (χ1v) is 8.87. The zero-order chi connectivity index (χ0) is 19.1. The van der Waals surface area contributed by atoms with Crippen molar-refractivity contribution >= 4 is 23.2 Å². The summed E-state index contributed by atoms with van der Waals surface area (Å²) in [5.74, 6) is 0.185. The Hall–Kier alpha value is -3.11. The minimum Gasteiger partial charge on any atom is -0.488 e. The minimum absolute atomic E-state index is 0.327. The molecule has 0 aliphatic rings. The highest BCUT2D eigenvalue weighted by Crippen LogP contribution is 2.19. The Bertz CT molecular complexity index is 938. The molecule has 3 aromatic carbocycles. The van der Waals surface area contributed by atoms with E-state index in [9.17, 15) is 4.79 Å². The van der Waals surface area contributed by atoms with Crippen molar-refractivity contribution in [2.24, 2.45) is 5.10 Å². The van der Waals surface area contributed by atoms with Gasteiger partial charge in [-0.1, -0.05) is 66.2 Å². The van der Waals surface area contributed by atoms with Crippen LogP contribution in [0.25, 0.3) is 0 Å². The van der Waals surface area contributed by atoms with Crippen molar-refractivity contribution in [3.63, 3.8) is 0 Å². The molecule has 27 heavy (non-hydrogen) atoms. The molecular weight excluding hydrogens is 360 g/mol. The van der Waals surface area contributed by atoms with Crippen molar-refractivity contribution < 1.29 is 9.53 Å². The lowest BCUT2D eigenvalue weighted by molar-refractivity contribution is 0.0950. The molecule has 0 aliphatic carbocycles. The van der Waals surface area contributed by atoms with Crippen LogP contribution in [-0.2, 0) is 6.61 Å². The van der Waals surface area contributed by atoms with Crippen molar-refractivity contribution in [1.82, 2.24) is 5.43 Å². The van der Waals surface area contributed by atoms with Gasteiger partial charge in [0.2, 0.25) is 0 Å². The predicted octanol–water partition coefficient (Wildman–Crippen LogP) is 5.07. The molecule has 1 amide bonds. The number of hydrazone groups is 1. The van der Waals surface area contributed by atoms with Crippen molar-refractivity contribution in [1.29, 1.82) is 0 Å². The second-order valence-electron chi connectivity index (χ2n) is 5.92. The number of carbonyl (C=O) groups excluding carboxylic acids is 1. The molecular formula is C22H19ClN2O2. The molecule has 0 atom stereocenters. The molecule has 1 N–H and O–H groups in total. The van der Waals surface area contributed by atoms with Crippen LogP contribution in [-0.4, -0.2) is 11.6 Å². The first-order valence-electron chi connectivity index (χ1n) is 8.50. The summed E-state index contributed by atoms with van der Waals surface area (Å²) in [7, 11) is 0. The van der Waals surface area contributed by atoms with E-state index in [1.54, 1.807) is 30.3 Å². The number of nitrogens with zero attached hydrogens (tertiary/aromatic N) is 1. The van der Waals surface area contributed by atoms with Crippen LogP contribution in [0.4, 0.5) is 0 Å². The molecule has 0 saturated carbocycles. The van der Waals surface area contributed by atoms with Crippen molar-refractivity contribution in [3.05, 3.63) is 101 Å². The fourth-order valence-corrected chi connectivity index (χ4v) is 2.59. The van der Waals surface area contributed by atoms with E-state index in [0.29, 0.717) is 28.7 Å². The van der Waals surface area contributed by atoms with Crippen LogP contribution in [0.15, 0.2) is 84.0 Å². The largest absolute Gasteiger partial charge is 0.488 e. The Morgan fingerprint density at radius 3 is 2.37 bits per heavy atom. The van der Waals surface area contributed by atoms with Crippen LogP contribution in [0, 0.1) is 0 Å². The van der Waals surface area contributed by atoms with Gasteiger partial charge in [0.05, 0.1) is 11.3 Å². The van der Waals surface area contributed by atoms with Crippen molar-refractivity contribution in [3.8, 4) is 5.75 Å². The van der Waals surface area contributed by atoms with Gasteiger partial charge in [0.1, 0.15) is 12.4 Å². The van der Waals surface area contributed by atoms with Crippen molar-refractivity contribution in [2.45, 2.75) is 13.5 Å². The minimum atomic E-state index is -0.327. The van der Waals surface area contributed by atoms with E-state index >= 15 is 0 Å². The maximum Gasteiger partial charge on any atom is 0.275 e.